The molecule has 2 aromatic rings. The van der Waals surface area contributed by atoms with Crippen LogP contribution in [0.25, 0.3) is 0 Å². The third-order valence-corrected chi connectivity index (χ3v) is 7.43. The molecule has 0 aliphatic carbocycles. The first-order valence-electron chi connectivity index (χ1n) is 9.67. The Morgan fingerprint density at radius 1 is 1.11 bits per heavy atom. The van der Waals surface area contributed by atoms with Crippen LogP contribution in [0.15, 0.2) is 36.4 Å². The van der Waals surface area contributed by atoms with Gasteiger partial charge < -0.3 is 14.6 Å². The van der Waals surface area contributed by atoms with Gasteiger partial charge in [0.1, 0.15) is 5.75 Å². The van der Waals surface area contributed by atoms with Gasteiger partial charge in [-0.1, -0.05) is 64.4 Å². The van der Waals surface area contributed by atoms with Gasteiger partial charge in [-0.3, -0.25) is 0 Å². The fourth-order valence-corrected chi connectivity index (χ4v) is 5.53. The Labute approximate surface area is 165 Å². The summed E-state index contributed by atoms with van der Waals surface area (Å²) in [6.45, 7) is 10.8. The summed E-state index contributed by atoms with van der Waals surface area (Å²) >= 11 is 0. The Balaban J connectivity index is 2.60. The van der Waals surface area contributed by atoms with Crippen LogP contribution in [0.3, 0.4) is 0 Å². The summed E-state index contributed by atoms with van der Waals surface area (Å²) in [5.41, 5.74) is 4.65. The Bertz CT molecular complexity index is 751. The molecule has 2 atom stereocenters. The van der Waals surface area contributed by atoms with E-state index in [0.717, 1.165) is 29.7 Å². The fourth-order valence-electron chi connectivity index (χ4n) is 3.73. The highest BCUT2D eigenvalue weighted by molar-refractivity contribution is 7.48. The standard InChI is InChI=1S/C23H33O3P/c1-7-23(8-2,27-21-12-10-9-11-19(21)18(5)24)20-14-16(3)13-17(4)22(20)26-15-25-6/h9-14,18,24,27H,7-8,15H2,1-6H3. The maximum atomic E-state index is 10.2. The molecule has 27 heavy (non-hydrogen) atoms. The van der Waals surface area contributed by atoms with Crippen molar-refractivity contribution in [2.75, 3.05) is 13.9 Å². The van der Waals surface area contributed by atoms with Crippen molar-refractivity contribution in [3.05, 3.63) is 58.7 Å². The minimum absolute atomic E-state index is 0.0369. The topological polar surface area (TPSA) is 38.7 Å². The van der Waals surface area contributed by atoms with Gasteiger partial charge in [-0.15, -0.1) is 0 Å². The lowest BCUT2D eigenvalue weighted by atomic mass is 9.89. The Kier molecular flexibility index (Phi) is 7.85. The molecule has 2 unspecified atom stereocenters. The predicted molar refractivity (Wildman–Crippen MR) is 116 cm³/mol. The Morgan fingerprint density at radius 2 is 1.78 bits per heavy atom. The van der Waals surface area contributed by atoms with Gasteiger partial charge in [0.15, 0.2) is 6.79 Å². The van der Waals surface area contributed by atoms with Crippen molar-refractivity contribution in [2.45, 2.75) is 58.7 Å². The van der Waals surface area contributed by atoms with Crippen LogP contribution in [-0.4, -0.2) is 19.0 Å². The van der Waals surface area contributed by atoms with Gasteiger partial charge >= 0.3 is 0 Å². The molecule has 0 amide bonds. The van der Waals surface area contributed by atoms with Crippen molar-refractivity contribution >= 4 is 13.9 Å². The average molecular weight is 388 g/mol. The van der Waals surface area contributed by atoms with Gasteiger partial charge in [0.05, 0.1) is 6.10 Å². The normalized spacial score (nSPS) is 13.3. The van der Waals surface area contributed by atoms with Gasteiger partial charge in [0, 0.05) is 17.8 Å². The Hall–Kier alpha value is -1.41. The second kappa shape index (κ2) is 9.68. The number of ether oxygens (including phenoxy) is 2. The van der Waals surface area contributed by atoms with E-state index in [4.69, 9.17) is 9.47 Å². The van der Waals surface area contributed by atoms with Crippen molar-refractivity contribution in [2.24, 2.45) is 0 Å². The van der Waals surface area contributed by atoms with Gasteiger partial charge in [0.2, 0.25) is 0 Å². The van der Waals surface area contributed by atoms with Crippen LogP contribution >= 0.6 is 8.58 Å². The molecule has 0 aromatic heterocycles. The van der Waals surface area contributed by atoms with Crippen molar-refractivity contribution in [1.29, 1.82) is 0 Å². The maximum Gasteiger partial charge on any atom is 0.188 e. The summed E-state index contributed by atoms with van der Waals surface area (Å²) in [6.07, 6.45) is 1.54. The molecule has 0 bridgehead atoms. The first-order chi connectivity index (χ1) is 12.9. The maximum absolute atomic E-state index is 10.2. The van der Waals surface area contributed by atoms with E-state index < -0.39 is 6.10 Å². The molecular weight excluding hydrogens is 355 g/mol. The van der Waals surface area contributed by atoms with E-state index in [-0.39, 0.29) is 11.9 Å². The largest absolute Gasteiger partial charge is 0.467 e. The number of aliphatic hydroxyl groups excluding tert-OH is 1. The lowest BCUT2D eigenvalue weighted by Gasteiger charge is -2.35. The third kappa shape index (κ3) is 4.90. The van der Waals surface area contributed by atoms with Crippen LogP contribution in [0.1, 0.15) is 62.0 Å². The summed E-state index contributed by atoms with van der Waals surface area (Å²) in [5.74, 6) is 0.938. The second-order valence-electron chi connectivity index (χ2n) is 7.19. The number of benzene rings is 2. The predicted octanol–water partition coefficient (Wildman–Crippen LogP) is 5.36. The van der Waals surface area contributed by atoms with Gasteiger partial charge in [0.25, 0.3) is 0 Å². The zero-order valence-corrected chi connectivity index (χ0v) is 18.4. The summed E-state index contributed by atoms with van der Waals surface area (Å²) < 4.78 is 11.2. The van der Waals surface area contributed by atoms with E-state index in [1.807, 2.05) is 19.1 Å². The molecule has 2 rings (SSSR count). The molecule has 0 heterocycles. The summed E-state index contributed by atoms with van der Waals surface area (Å²) in [6, 6.07) is 12.7. The van der Waals surface area contributed by atoms with Crippen LogP contribution in [0, 0.1) is 13.8 Å². The summed E-state index contributed by atoms with van der Waals surface area (Å²) in [5, 5.41) is 11.4. The highest BCUT2D eigenvalue weighted by Crippen LogP contribution is 2.51. The molecule has 0 saturated carbocycles. The summed E-state index contributed by atoms with van der Waals surface area (Å²) in [7, 11) is 2.20. The second-order valence-corrected chi connectivity index (χ2v) is 8.93. The first kappa shape index (κ1) is 21.9. The number of aliphatic hydroxyl groups is 1. The molecule has 0 aliphatic rings. The molecule has 0 spiro atoms. The number of methoxy groups -OCH3 is 1. The van der Waals surface area contributed by atoms with Crippen LogP contribution in [0.4, 0.5) is 0 Å². The molecule has 4 heteroatoms. The lowest BCUT2D eigenvalue weighted by Crippen LogP contribution is -2.25. The molecule has 148 valence electrons. The van der Waals surface area contributed by atoms with Crippen LogP contribution in [0.2, 0.25) is 0 Å². The number of rotatable bonds is 9. The van der Waals surface area contributed by atoms with E-state index in [2.05, 4.69) is 52.0 Å². The van der Waals surface area contributed by atoms with Crippen molar-refractivity contribution in [3.8, 4) is 5.75 Å². The molecular formula is C23H33O3P. The highest BCUT2D eigenvalue weighted by atomic mass is 31.1. The molecule has 3 nitrogen and oxygen atoms in total. The molecule has 0 fully saturated rings. The minimum Gasteiger partial charge on any atom is -0.467 e. The van der Waals surface area contributed by atoms with Gasteiger partial charge in [-0.05, 0) is 50.0 Å². The first-order valence-corrected chi connectivity index (χ1v) is 10.7. The van der Waals surface area contributed by atoms with E-state index in [0.29, 0.717) is 8.58 Å². The fraction of sp³-hybridized carbons (Fsp3) is 0.478. The average Bonchev–Trinajstić information content (AvgIpc) is 2.65. The SMILES string of the molecule is CCC(CC)(Pc1ccccc1C(C)O)c1cc(C)cc(C)c1OCOC. The van der Waals surface area contributed by atoms with E-state index in [9.17, 15) is 5.11 Å². The van der Waals surface area contributed by atoms with E-state index in [1.54, 1.807) is 7.11 Å². The van der Waals surface area contributed by atoms with Crippen LogP contribution in [-0.2, 0) is 9.89 Å². The number of hydrogen-bond acceptors (Lipinski definition) is 3. The molecule has 0 saturated heterocycles. The van der Waals surface area contributed by atoms with Crippen molar-refractivity contribution < 1.29 is 14.6 Å². The Morgan fingerprint density at radius 3 is 2.37 bits per heavy atom. The van der Waals surface area contributed by atoms with Crippen molar-refractivity contribution in [1.82, 2.24) is 0 Å². The quantitative estimate of drug-likeness (QED) is 0.464. The van der Waals surface area contributed by atoms with Crippen LogP contribution in [0.5, 0.6) is 5.75 Å². The molecule has 0 aliphatic heterocycles. The minimum atomic E-state index is -0.469. The van der Waals surface area contributed by atoms with Crippen molar-refractivity contribution in [3.63, 3.8) is 0 Å². The van der Waals surface area contributed by atoms with E-state index in [1.165, 1.54) is 16.4 Å². The zero-order valence-electron chi connectivity index (χ0n) is 17.4. The summed E-state index contributed by atoms with van der Waals surface area (Å²) in [4.78, 5) is 0. The third-order valence-electron chi connectivity index (χ3n) is 5.25. The van der Waals surface area contributed by atoms with Gasteiger partial charge in [-0.2, -0.15) is 0 Å². The van der Waals surface area contributed by atoms with Gasteiger partial charge in [-0.25, -0.2) is 0 Å². The smallest absolute Gasteiger partial charge is 0.188 e. The lowest BCUT2D eigenvalue weighted by molar-refractivity contribution is 0.0494. The molecule has 0 radical (unpaired) electrons. The monoisotopic (exact) mass is 388 g/mol. The van der Waals surface area contributed by atoms with Crippen LogP contribution < -0.4 is 10.0 Å². The molecule has 2 aromatic carbocycles. The number of aryl methyl sites for hydroxylation is 2. The highest BCUT2D eigenvalue weighted by Gasteiger charge is 2.33. The molecule has 1 N–H and O–H groups in total. The number of hydrogen-bond donors (Lipinski definition) is 1. The van der Waals surface area contributed by atoms with E-state index >= 15 is 0 Å². The zero-order chi connectivity index (χ0) is 20.0.